The summed E-state index contributed by atoms with van der Waals surface area (Å²) in [5.74, 6) is 1.67. The normalized spacial score (nSPS) is 17.4. The summed E-state index contributed by atoms with van der Waals surface area (Å²) in [6.45, 7) is 8.84. The predicted octanol–water partition coefficient (Wildman–Crippen LogP) is 4.13. The first-order valence-corrected chi connectivity index (χ1v) is 6.35. The van der Waals surface area contributed by atoms with Gasteiger partial charge in [0.25, 0.3) is 0 Å². The van der Waals surface area contributed by atoms with Gasteiger partial charge in [0.05, 0.1) is 6.04 Å². The minimum absolute atomic E-state index is 0.264. The fourth-order valence-electron chi connectivity index (χ4n) is 1.56. The van der Waals surface area contributed by atoms with E-state index in [4.69, 9.17) is 4.42 Å². The van der Waals surface area contributed by atoms with Crippen molar-refractivity contribution >= 4 is 15.9 Å². The maximum atomic E-state index is 5.51. The van der Waals surface area contributed by atoms with Crippen molar-refractivity contribution in [1.29, 1.82) is 0 Å². The molecular weight excluding hydrogens is 254 g/mol. The van der Waals surface area contributed by atoms with Gasteiger partial charge in [-0.1, -0.05) is 20.3 Å². The molecule has 0 spiro atoms. The van der Waals surface area contributed by atoms with E-state index >= 15 is 0 Å². The number of furan rings is 1. The van der Waals surface area contributed by atoms with Crippen LogP contribution < -0.4 is 5.32 Å². The minimum Gasteiger partial charge on any atom is -0.453 e. The van der Waals surface area contributed by atoms with Gasteiger partial charge in [0.15, 0.2) is 4.67 Å². The smallest absolute Gasteiger partial charge is 0.169 e. The number of hydrogen-bond donors (Lipinski definition) is 1. The first kappa shape index (κ1) is 12.8. The highest BCUT2D eigenvalue weighted by Crippen LogP contribution is 2.21. The summed E-state index contributed by atoms with van der Waals surface area (Å²) in [6, 6.07) is 4.71. The standard InChI is InChI=1S/C12H20BrNO/c1-5-8(2)9(3)14-10(4)11-6-7-12(13)15-11/h6-10,14H,5H2,1-4H3. The van der Waals surface area contributed by atoms with Crippen LogP contribution in [0.1, 0.15) is 45.9 Å². The molecule has 0 bridgehead atoms. The zero-order valence-electron chi connectivity index (χ0n) is 9.88. The van der Waals surface area contributed by atoms with E-state index in [0.717, 1.165) is 10.4 Å². The monoisotopic (exact) mass is 273 g/mol. The Morgan fingerprint density at radius 2 is 2.00 bits per heavy atom. The van der Waals surface area contributed by atoms with Crippen LogP contribution in [0.4, 0.5) is 0 Å². The van der Waals surface area contributed by atoms with Crippen LogP contribution in [-0.4, -0.2) is 6.04 Å². The van der Waals surface area contributed by atoms with E-state index in [1.165, 1.54) is 6.42 Å². The molecule has 1 aromatic rings. The lowest BCUT2D eigenvalue weighted by molar-refractivity contribution is 0.329. The summed E-state index contributed by atoms with van der Waals surface area (Å²) in [4.78, 5) is 0. The van der Waals surface area contributed by atoms with Gasteiger partial charge in [0, 0.05) is 6.04 Å². The molecule has 3 unspecified atom stereocenters. The van der Waals surface area contributed by atoms with Crippen molar-refractivity contribution in [1.82, 2.24) is 5.32 Å². The average Bonchev–Trinajstić information content (AvgIpc) is 2.63. The summed E-state index contributed by atoms with van der Waals surface area (Å²) in [6.07, 6.45) is 1.20. The molecule has 86 valence electrons. The molecule has 0 aliphatic rings. The van der Waals surface area contributed by atoms with Gasteiger partial charge in [-0.15, -0.1) is 0 Å². The van der Waals surface area contributed by atoms with Crippen molar-refractivity contribution in [3.8, 4) is 0 Å². The Morgan fingerprint density at radius 3 is 2.47 bits per heavy atom. The molecule has 0 saturated heterocycles. The average molecular weight is 274 g/mol. The first-order chi connectivity index (χ1) is 7.04. The Bertz CT molecular complexity index is 298. The van der Waals surface area contributed by atoms with Crippen molar-refractivity contribution in [2.75, 3.05) is 0 Å². The molecule has 0 saturated carbocycles. The molecule has 2 nitrogen and oxygen atoms in total. The lowest BCUT2D eigenvalue weighted by Gasteiger charge is -2.23. The van der Waals surface area contributed by atoms with E-state index in [9.17, 15) is 0 Å². The topological polar surface area (TPSA) is 25.2 Å². The quantitative estimate of drug-likeness (QED) is 0.873. The molecule has 1 heterocycles. The molecule has 0 aliphatic carbocycles. The second kappa shape index (κ2) is 5.71. The van der Waals surface area contributed by atoms with Gasteiger partial charge in [0.2, 0.25) is 0 Å². The Hall–Kier alpha value is -0.280. The molecule has 1 N–H and O–H groups in total. The summed E-state index contributed by atoms with van der Waals surface area (Å²) >= 11 is 3.31. The third-order valence-corrected chi connectivity index (χ3v) is 3.46. The Kier molecular flexibility index (Phi) is 4.87. The first-order valence-electron chi connectivity index (χ1n) is 5.55. The fourth-order valence-corrected chi connectivity index (χ4v) is 1.87. The van der Waals surface area contributed by atoms with Crippen LogP contribution in [0, 0.1) is 5.92 Å². The molecule has 1 aromatic heterocycles. The number of halogens is 1. The molecule has 0 aliphatic heterocycles. The fraction of sp³-hybridized carbons (Fsp3) is 0.667. The van der Waals surface area contributed by atoms with Crippen molar-refractivity contribution in [2.24, 2.45) is 5.92 Å². The van der Waals surface area contributed by atoms with E-state index in [2.05, 4.69) is 48.9 Å². The van der Waals surface area contributed by atoms with E-state index in [0.29, 0.717) is 12.0 Å². The summed E-state index contributed by atoms with van der Waals surface area (Å²) in [5, 5.41) is 3.55. The van der Waals surface area contributed by atoms with E-state index in [1.54, 1.807) is 0 Å². The van der Waals surface area contributed by atoms with E-state index in [-0.39, 0.29) is 6.04 Å². The molecule has 0 fully saturated rings. The minimum atomic E-state index is 0.264. The second-order valence-corrected chi connectivity index (χ2v) is 4.99. The van der Waals surface area contributed by atoms with Crippen LogP contribution in [0.2, 0.25) is 0 Å². The third-order valence-electron chi connectivity index (χ3n) is 3.03. The van der Waals surface area contributed by atoms with Crippen molar-refractivity contribution in [3.05, 3.63) is 22.6 Å². The van der Waals surface area contributed by atoms with Gasteiger partial charge in [0.1, 0.15) is 5.76 Å². The molecule has 15 heavy (non-hydrogen) atoms. The van der Waals surface area contributed by atoms with Gasteiger partial charge in [-0.25, -0.2) is 0 Å². The second-order valence-electron chi connectivity index (χ2n) is 4.20. The third kappa shape index (κ3) is 3.65. The number of rotatable bonds is 5. The van der Waals surface area contributed by atoms with Crippen molar-refractivity contribution < 1.29 is 4.42 Å². The van der Waals surface area contributed by atoms with Crippen LogP contribution in [0.25, 0.3) is 0 Å². The summed E-state index contributed by atoms with van der Waals surface area (Å²) in [5.41, 5.74) is 0. The van der Waals surface area contributed by atoms with Crippen LogP contribution >= 0.6 is 15.9 Å². The maximum Gasteiger partial charge on any atom is 0.169 e. The van der Waals surface area contributed by atoms with Gasteiger partial charge >= 0.3 is 0 Å². The Balaban J connectivity index is 2.52. The Labute approximate surface area is 101 Å². The molecule has 0 amide bonds. The van der Waals surface area contributed by atoms with Gasteiger partial charge in [-0.3, -0.25) is 0 Å². The summed E-state index contributed by atoms with van der Waals surface area (Å²) < 4.78 is 6.31. The van der Waals surface area contributed by atoms with Gasteiger partial charge < -0.3 is 9.73 Å². The predicted molar refractivity (Wildman–Crippen MR) is 66.9 cm³/mol. The van der Waals surface area contributed by atoms with E-state index < -0.39 is 0 Å². The van der Waals surface area contributed by atoms with Crippen LogP contribution in [0.15, 0.2) is 21.2 Å². The van der Waals surface area contributed by atoms with Crippen molar-refractivity contribution in [2.45, 2.75) is 46.2 Å². The zero-order chi connectivity index (χ0) is 11.4. The van der Waals surface area contributed by atoms with Crippen LogP contribution in [0.3, 0.4) is 0 Å². The van der Waals surface area contributed by atoms with Gasteiger partial charge in [-0.2, -0.15) is 0 Å². The molecule has 1 rings (SSSR count). The molecular formula is C12H20BrNO. The number of hydrogen-bond acceptors (Lipinski definition) is 2. The SMILES string of the molecule is CCC(C)C(C)NC(C)c1ccc(Br)o1. The lowest BCUT2D eigenvalue weighted by Crippen LogP contribution is -2.33. The van der Waals surface area contributed by atoms with Crippen LogP contribution in [0.5, 0.6) is 0 Å². The molecule has 0 aromatic carbocycles. The van der Waals surface area contributed by atoms with Crippen molar-refractivity contribution in [3.63, 3.8) is 0 Å². The largest absolute Gasteiger partial charge is 0.453 e. The van der Waals surface area contributed by atoms with E-state index in [1.807, 2.05) is 12.1 Å². The molecule has 3 heteroatoms. The Morgan fingerprint density at radius 1 is 1.33 bits per heavy atom. The molecule has 0 radical (unpaired) electrons. The maximum absolute atomic E-state index is 5.51. The number of nitrogens with one attached hydrogen (secondary N) is 1. The highest BCUT2D eigenvalue weighted by molar-refractivity contribution is 9.10. The lowest BCUT2D eigenvalue weighted by atomic mass is 10.00. The van der Waals surface area contributed by atoms with Gasteiger partial charge in [-0.05, 0) is 47.8 Å². The highest BCUT2D eigenvalue weighted by atomic mass is 79.9. The summed E-state index contributed by atoms with van der Waals surface area (Å²) in [7, 11) is 0. The highest BCUT2D eigenvalue weighted by Gasteiger charge is 2.16. The zero-order valence-corrected chi connectivity index (χ0v) is 11.5. The van der Waals surface area contributed by atoms with Crippen LogP contribution in [-0.2, 0) is 0 Å². The molecule has 3 atom stereocenters.